The molecule has 0 saturated heterocycles. The Bertz CT molecular complexity index is 357. The summed E-state index contributed by atoms with van der Waals surface area (Å²) in [5.41, 5.74) is 1.64. The van der Waals surface area contributed by atoms with Crippen molar-refractivity contribution in [1.82, 2.24) is 0 Å². The van der Waals surface area contributed by atoms with Crippen LogP contribution in [0.25, 0.3) is 0 Å². The fourth-order valence-electron chi connectivity index (χ4n) is 2.06. The van der Waals surface area contributed by atoms with E-state index >= 15 is 0 Å². The van der Waals surface area contributed by atoms with E-state index in [-0.39, 0.29) is 6.61 Å². The van der Waals surface area contributed by atoms with Gasteiger partial charge in [0.25, 0.3) is 0 Å². The van der Waals surface area contributed by atoms with Crippen LogP contribution in [-0.2, 0) is 11.4 Å². The lowest BCUT2D eigenvalue weighted by atomic mass is 9.92. The summed E-state index contributed by atoms with van der Waals surface area (Å²) in [4.78, 5) is 11.3. The van der Waals surface area contributed by atoms with Crippen LogP contribution >= 0.6 is 0 Å². The van der Waals surface area contributed by atoms with Crippen molar-refractivity contribution in [2.75, 3.05) is 0 Å². The first-order valence-electron chi connectivity index (χ1n) is 6.61. The quantitative estimate of drug-likeness (QED) is 0.696. The van der Waals surface area contributed by atoms with E-state index in [1.54, 1.807) is 12.1 Å². The van der Waals surface area contributed by atoms with Crippen LogP contribution in [0, 0.1) is 0 Å². The van der Waals surface area contributed by atoms with Crippen molar-refractivity contribution >= 4 is 5.97 Å². The lowest BCUT2D eigenvalue weighted by molar-refractivity contribution is -0.139. The van der Waals surface area contributed by atoms with Crippen molar-refractivity contribution in [3.63, 3.8) is 0 Å². The molecule has 0 saturated carbocycles. The molecule has 3 heteroatoms. The fourth-order valence-corrected chi connectivity index (χ4v) is 2.06. The predicted molar refractivity (Wildman–Crippen MR) is 71.5 cm³/mol. The van der Waals surface area contributed by atoms with Crippen LogP contribution in [0.3, 0.4) is 0 Å². The molecule has 1 unspecified atom stereocenters. The predicted octanol–water partition coefficient (Wildman–Crippen LogP) is 3.32. The van der Waals surface area contributed by atoms with Crippen LogP contribution in [0.1, 0.15) is 56.1 Å². The number of carboxylic acids is 1. The van der Waals surface area contributed by atoms with E-state index < -0.39 is 11.9 Å². The fraction of sp³-hybridized carbons (Fsp3) is 0.533. The van der Waals surface area contributed by atoms with Gasteiger partial charge in [-0.2, -0.15) is 0 Å². The number of hydrogen-bond acceptors (Lipinski definition) is 2. The highest BCUT2D eigenvalue weighted by Gasteiger charge is 2.18. The first-order chi connectivity index (χ1) is 8.69. The molecule has 1 aromatic carbocycles. The summed E-state index contributed by atoms with van der Waals surface area (Å²) in [5, 5.41) is 18.2. The van der Waals surface area contributed by atoms with E-state index in [4.69, 9.17) is 5.11 Å². The minimum atomic E-state index is -0.761. The van der Waals surface area contributed by atoms with Crippen LogP contribution in [0.4, 0.5) is 0 Å². The molecule has 0 spiro atoms. The molecule has 100 valence electrons. The number of carboxylic acid groups (broad SMARTS) is 1. The first kappa shape index (κ1) is 14.7. The van der Waals surface area contributed by atoms with Crippen molar-refractivity contribution in [3.8, 4) is 0 Å². The molecule has 0 fully saturated rings. The molecule has 1 rings (SSSR count). The summed E-state index contributed by atoms with van der Waals surface area (Å²) < 4.78 is 0. The number of benzene rings is 1. The molecule has 0 heterocycles. The number of aliphatic hydroxyl groups excluding tert-OH is 1. The van der Waals surface area contributed by atoms with Gasteiger partial charge in [-0.05, 0) is 17.5 Å². The van der Waals surface area contributed by atoms with Crippen molar-refractivity contribution in [1.29, 1.82) is 0 Å². The van der Waals surface area contributed by atoms with Crippen molar-refractivity contribution in [3.05, 3.63) is 35.4 Å². The maximum Gasteiger partial charge on any atom is 0.310 e. The standard InChI is InChI=1S/C15H22O3/c1-2-3-4-5-6-14(15(17)18)13-9-7-12(11-16)8-10-13/h7-10,14,16H,2-6,11H2,1H3,(H,17,18). The third-order valence-corrected chi connectivity index (χ3v) is 3.21. The second kappa shape index (κ2) is 7.88. The van der Waals surface area contributed by atoms with E-state index in [0.717, 1.165) is 36.8 Å². The monoisotopic (exact) mass is 250 g/mol. The maximum absolute atomic E-state index is 11.3. The molecule has 18 heavy (non-hydrogen) atoms. The highest BCUT2D eigenvalue weighted by Crippen LogP contribution is 2.23. The number of unbranched alkanes of at least 4 members (excludes halogenated alkanes) is 3. The Balaban J connectivity index is 2.62. The highest BCUT2D eigenvalue weighted by molar-refractivity contribution is 5.76. The van der Waals surface area contributed by atoms with Crippen LogP contribution in [0.5, 0.6) is 0 Å². The van der Waals surface area contributed by atoms with E-state index in [2.05, 4.69) is 6.92 Å². The molecule has 2 N–H and O–H groups in total. The average molecular weight is 250 g/mol. The van der Waals surface area contributed by atoms with Gasteiger partial charge in [0.15, 0.2) is 0 Å². The number of rotatable bonds is 8. The zero-order valence-electron chi connectivity index (χ0n) is 10.9. The Morgan fingerprint density at radius 2 is 1.83 bits per heavy atom. The minimum absolute atomic E-state index is 0.00544. The molecule has 0 aliphatic carbocycles. The Kier molecular flexibility index (Phi) is 6.44. The van der Waals surface area contributed by atoms with Crippen molar-refractivity contribution in [2.24, 2.45) is 0 Å². The van der Waals surface area contributed by atoms with Gasteiger partial charge in [0.05, 0.1) is 12.5 Å². The lowest BCUT2D eigenvalue weighted by Gasteiger charge is -2.13. The number of hydrogen-bond donors (Lipinski definition) is 2. The molecular weight excluding hydrogens is 228 g/mol. The molecule has 0 aliphatic heterocycles. The Morgan fingerprint density at radius 3 is 2.33 bits per heavy atom. The van der Waals surface area contributed by atoms with Crippen LogP contribution in [0.15, 0.2) is 24.3 Å². The summed E-state index contributed by atoms with van der Waals surface area (Å²) in [6.45, 7) is 2.14. The summed E-state index contributed by atoms with van der Waals surface area (Å²) >= 11 is 0. The van der Waals surface area contributed by atoms with E-state index in [9.17, 15) is 9.90 Å². The second-order valence-corrected chi connectivity index (χ2v) is 4.64. The normalized spacial score (nSPS) is 12.3. The Labute approximate surface area is 108 Å². The molecule has 3 nitrogen and oxygen atoms in total. The lowest BCUT2D eigenvalue weighted by Crippen LogP contribution is -2.11. The molecule has 0 aliphatic rings. The third-order valence-electron chi connectivity index (χ3n) is 3.21. The van der Waals surface area contributed by atoms with E-state index in [1.165, 1.54) is 0 Å². The second-order valence-electron chi connectivity index (χ2n) is 4.64. The van der Waals surface area contributed by atoms with E-state index in [1.807, 2.05) is 12.1 Å². The summed E-state index contributed by atoms with van der Waals surface area (Å²) in [5.74, 6) is -1.18. The smallest absolute Gasteiger partial charge is 0.310 e. The van der Waals surface area contributed by atoms with Crippen LogP contribution < -0.4 is 0 Å². The van der Waals surface area contributed by atoms with Gasteiger partial charge in [-0.25, -0.2) is 0 Å². The van der Waals surface area contributed by atoms with Gasteiger partial charge in [-0.3, -0.25) is 4.79 Å². The van der Waals surface area contributed by atoms with Gasteiger partial charge in [0, 0.05) is 0 Å². The first-order valence-corrected chi connectivity index (χ1v) is 6.61. The van der Waals surface area contributed by atoms with Gasteiger partial charge in [-0.1, -0.05) is 56.9 Å². The Hall–Kier alpha value is -1.35. The maximum atomic E-state index is 11.3. The molecule has 0 bridgehead atoms. The molecule has 0 radical (unpaired) electrons. The van der Waals surface area contributed by atoms with Crippen molar-refractivity contribution in [2.45, 2.75) is 51.6 Å². The van der Waals surface area contributed by atoms with Crippen LogP contribution in [-0.4, -0.2) is 16.2 Å². The molecule has 0 aromatic heterocycles. The third kappa shape index (κ3) is 4.49. The number of aliphatic hydroxyl groups is 1. The zero-order valence-corrected chi connectivity index (χ0v) is 10.9. The molecule has 1 aromatic rings. The zero-order chi connectivity index (χ0) is 13.4. The number of aliphatic carboxylic acids is 1. The summed E-state index contributed by atoms with van der Waals surface area (Å²) in [6, 6.07) is 7.20. The average Bonchev–Trinajstić information content (AvgIpc) is 2.39. The van der Waals surface area contributed by atoms with E-state index in [0.29, 0.717) is 6.42 Å². The SMILES string of the molecule is CCCCCCC(C(=O)O)c1ccc(CO)cc1. The number of carbonyl (C=O) groups is 1. The molecule has 1 atom stereocenters. The Morgan fingerprint density at radius 1 is 1.17 bits per heavy atom. The minimum Gasteiger partial charge on any atom is -0.481 e. The summed E-state index contributed by atoms with van der Waals surface area (Å²) in [6.07, 6.45) is 5.05. The van der Waals surface area contributed by atoms with Gasteiger partial charge < -0.3 is 10.2 Å². The molecular formula is C15H22O3. The highest BCUT2D eigenvalue weighted by atomic mass is 16.4. The topological polar surface area (TPSA) is 57.5 Å². The van der Waals surface area contributed by atoms with Crippen LogP contribution in [0.2, 0.25) is 0 Å². The van der Waals surface area contributed by atoms with Gasteiger partial charge in [0.1, 0.15) is 0 Å². The van der Waals surface area contributed by atoms with Gasteiger partial charge in [-0.15, -0.1) is 0 Å². The largest absolute Gasteiger partial charge is 0.481 e. The van der Waals surface area contributed by atoms with Gasteiger partial charge in [0.2, 0.25) is 0 Å². The van der Waals surface area contributed by atoms with Gasteiger partial charge >= 0.3 is 5.97 Å². The van der Waals surface area contributed by atoms with Crippen molar-refractivity contribution < 1.29 is 15.0 Å². The summed E-state index contributed by atoms with van der Waals surface area (Å²) in [7, 11) is 0. The molecule has 0 amide bonds.